The Balaban J connectivity index is 2.05. The lowest BCUT2D eigenvalue weighted by Gasteiger charge is -2.11. The third-order valence-electron chi connectivity index (χ3n) is 2.80. The minimum absolute atomic E-state index is 0.204. The molecule has 112 valence electrons. The second-order valence-corrected chi connectivity index (χ2v) is 4.27. The van der Waals surface area contributed by atoms with Gasteiger partial charge < -0.3 is 20.5 Å². The van der Waals surface area contributed by atoms with Crippen LogP contribution in [-0.2, 0) is 6.54 Å². The van der Waals surface area contributed by atoms with E-state index in [0.29, 0.717) is 36.8 Å². The molecule has 0 saturated heterocycles. The molecule has 1 amide bonds. The zero-order valence-corrected chi connectivity index (χ0v) is 11.8. The van der Waals surface area contributed by atoms with Crippen molar-refractivity contribution in [2.24, 2.45) is 5.73 Å². The molecule has 1 aromatic carbocycles. The van der Waals surface area contributed by atoms with E-state index in [9.17, 15) is 4.79 Å². The second-order valence-electron chi connectivity index (χ2n) is 4.27. The van der Waals surface area contributed by atoms with Crippen molar-refractivity contribution < 1.29 is 14.3 Å². The molecule has 0 atom stereocenters. The highest BCUT2D eigenvalue weighted by atomic mass is 16.5. The van der Waals surface area contributed by atoms with E-state index in [-0.39, 0.29) is 5.91 Å². The van der Waals surface area contributed by atoms with E-state index in [4.69, 9.17) is 15.2 Å². The maximum Gasteiger partial charge on any atom is 0.251 e. The maximum absolute atomic E-state index is 12.1. The topological polar surface area (TPSA) is 102 Å². The molecule has 0 saturated carbocycles. The summed E-state index contributed by atoms with van der Waals surface area (Å²) in [5.74, 6) is 0.857. The van der Waals surface area contributed by atoms with E-state index in [1.54, 1.807) is 37.6 Å². The van der Waals surface area contributed by atoms with Crippen molar-refractivity contribution in [3.8, 4) is 11.5 Å². The molecule has 0 unspecified atom stereocenters. The summed E-state index contributed by atoms with van der Waals surface area (Å²) in [6.07, 6.45) is 1.63. The summed E-state index contributed by atoms with van der Waals surface area (Å²) in [5.41, 5.74) is 6.73. The molecule has 0 spiro atoms. The number of amides is 1. The number of aromatic amines is 1. The van der Waals surface area contributed by atoms with E-state index >= 15 is 0 Å². The Morgan fingerprint density at radius 2 is 2.24 bits per heavy atom. The van der Waals surface area contributed by atoms with Crippen molar-refractivity contribution in [1.29, 1.82) is 0 Å². The van der Waals surface area contributed by atoms with Gasteiger partial charge in [-0.3, -0.25) is 9.89 Å². The first kappa shape index (κ1) is 14.9. The quantitative estimate of drug-likeness (QED) is 0.696. The summed E-state index contributed by atoms with van der Waals surface area (Å²) < 4.78 is 10.7. The van der Waals surface area contributed by atoms with Gasteiger partial charge in [-0.2, -0.15) is 5.10 Å². The van der Waals surface area contributed by atoms with Crippen LogP contribution in [0.2, 0.25) is 0 Å². The zero-order chi connectivity index (χ0) is 15.1. The Hall–Kier alpha value is -2.54. The molecular weight excluding hydrogens is 272 g/mol. The molecule has 1 heterocycles. The molecule has 0 aliphatic rings. The second kappa shape index (κ2) is 7.30. The molecule has 2 rings (SSSR count). The Labute approximate surface area is 122 Å². The van der Waals surface area contributed by atoms with Gasteiger partial charge in [0.1, 0.15) is 6.61 Å². The van der Waals surface area contributed by atoms with Crippen molar-refractivity contribution >= 4 is 5.91 Å². The summed E-state index contributed by atoms with van der Waals surface area (Å²) in [6, 6.07) is 6.80. The van der Waals surface area contributed by atoms with Gasteiger partial charge in [-0.05, 0) is 24.3 Å². The molecule has 0 aliphatic carbocycles. The normalized spacial score (nSPS) is 10.2. The number of aromatic nitrogens is 2. The number of hydrogen-bond donors (Lipinski definition) is 3. The van der Waals surface area contributed by atoms with Crippen LogP contribution in [0.15, 0.2) is 30.5 Å². The van der Waals surface area contributed by atoms with Crippen LogP contribution in [0.5, 0.6) is 11.5 Å². The van der Waals surface area contributed by atoms with Gasteiger partial charge in [0.15, 0.2) is 11.5 Å². The Kier molecular flexibility index (Phi) is 5.16. The molecule has 0 bridgehead atoms. The van der Waals surface area contributed by atoms with Gasteiger partial charge in [0.05, 0.1) is 19.3 Å². The number of benzene rings is 1. The Morgan fingerprint density at radius 1 is 1.38 bits per heavy atom. The lowest BCUT2D eigenvalue weighted by molar-refractivity contribution is 0.0950. The largest absolute Gasteiger partial charge is 0.493 e. The molecule has 7 nitrogen and oxygen atoms in total. The van der Waals surface area contributed by atoms with E-state index in [2.05, 4.69) is 15.5 Å². The average molecular weight is 290 g/mol. The number of H-pyrrole nitrogens is 1. The number of hydrogen-bond acceptors (Lipinski definition) is 5. The predicted molar refractivity (Wildman–Crippen MR) is 77.3 cm³/mol. The summed E-state index contributed by atoms with van der Waals surface area (Å²) in [5, 5.41) is 9.39. The van der Waals surface area contributed by atoms with Gasteiger partial charge in [0.2, 0.25) is 0 Å². The SMILES string of the molecule is COc1ccc(C(=O)NCc2ccn[nH]2)cc1OCCN. The fourth-order valence-electron chi connectivity index (χ4n) is 1.76. The van der Waals surface area contributed by atoms with Crippen LogP contribution in [0.4, 0.5) is 0 Å². The number of nitrogens with zero attached hydrogens (tertiary/aromatic N) is 1. The first-order valence-corrected chi connectivity index (χ1v) is 6.52. The van der Waals surface area contributed by atoms with Gasteiger partial charge >= 0.3 is 0 Å². The number of carbonyl (C=O) groups excluding carboxylic acids is 1. The Morgan fingerprint density at radius 3 is 2.90 bits per heavy atom. The molecule has 0 fully saturated rings. The first-order valence-electron chi connectivity index (χ1n) is 6.52. The molecule has 0 radical (unpaired) electrons. The number of carbonyl (C=O) groups is 1. The molecule has 4 N–H and O–H groups in total. The number of nitrogens with one attached hydrogen (secondary N) is 2. The van der Waals surface area contributed by atoms with Gasteiger partial charge in [-0.1, -0.05) is 0 Å². The van der Waals surface area contributed by atoms with Crippen molar-refractivity contribution in [2.75, 3.05) is 20.3 Å². The van der Waals surface area contributed by atoms with Gasteiger partial charge in [0, 0.05) is 18.3 Å². The van der Waals surface area contributed by atoms with Gasteiger partial charge in [-0.25, -0.2) is 0 Å². The first-order chi connectivity index (χ1) is 10.2. The third-order valence-corrected chi connectivity index (χ3v) is 2.80. The fraction of sp³-hybridized carbons (Fsp3) is 0.286. The lowest BCUT2D eigenvalue weighted by atomic mass is 10.2. The van der Waals surface area contributed by atoms with Crippen LogP contribution < -0.4 is 20.5 Å². The molecule has 21 heavy (non-hydrogen) atoms. The van der Waals surface area contributed by atoms with E-state index < -0.39 is 0 Å². The lowest BCUT2D eigenvalue weighted by Crippen LogP contribution is -2.23. The summed E-state index contributed by atoms with van der Waals surface area (Å²) in [7, 11) is 1.54. The van der Waals surface area contributed by atoms with Gasteiger partial charge in [0.25, 0.3) is 5.91 Å². The minimum atomic E-state index is -0.204. The van der Waals surface area contributed by atoms with E-state index in [1.807, 2.05) is 0 Å². The third kappa shape index (κ3) is 3.96. The fourth-order valence-corrected chi connectivity index (χ4v) is 1.76. The molecule has 2 aromatic rings. The number of ether oxygens (including phenoxy) is 2. The Bertz CT molecular complexity index is 584. The van der Waals surface area contributed by atoms with Crippen LogP contribution >= 0.6 is 0 Å². The number of methoxy groups -OCH3 is 1. The van der Waals surface area contributed by atoms with Crippen LogP contribution in [0, 0.1) is 0 Å². The van der Waals surface area contributed by atoms with Crippen molar-refractivity contribution in [3.05, 3.63) is 41.7 Å². The number of nitrogens with two attached hydrogens (primary N) is 1. The van der Waals surface area contributed by atoms with Crippen LogP contribution in [0.3, 0.4) is 0 Å². The van der Waals surface area contributed by atoms with Crippen molar-refractivity contribution in [3.63, 3.8) is 0 Å². The molecule has 7 heteroatoms. The average Bonchev–Trinajstić information content (AvgIpc) is 3.03. The summed E-state index contributed by atoms with van der Waals surface area (Å²) in [6.45, 7) is 1.12. The smallest absolute Gasteiger partial charge is 0.251 e. The van der Waals surface area contributed by atoms with Crippen molar-refractivity contribution in [2.45, 2.75) is 6.54 Å². The van der Waals surface area contributed by atoms with Crippen LogP contribution in [0.1, 0.15) is 16.1 Å². The minimum Gasteiger partial charge on any atom is -0.493 e. The van der Waals surface area contributed by atoms with E-state index in [0.717, 1.165) is 5.69 Å². The monoisotopic (exact) mass is 290 g/mol. The van der Waals surface area contributed by atoms with Gasteiger partial charge in [-0.15, -0.1) is 0 Å². The summed E-state index contributed by atoms with van der Waals surface area (Å²) >= 11 is 0. The van der Waals surface area contributed by atoms with Crippen molar-refractivity contribution in [1.82, 2.24) is 15.5 Å². The van der Waals surface area contributed by atoms with Crippen LogP contribution in [-0.4, -0.2) is 36.4 Å². The predicted octanol–water partition coefficient (Wildman–Crippen LogP) is 0.686. The highest BCUT2D eigenvalue weighted by Crippen LogP contribution is 2.27. The highest BCUT2D eigenvalue weighted by molar-refractivity contribution is 5.94. The highest BCUT2D eigenvalue weighted by Gasteiger charge is 2.11. The molecule has 0 aliphatic heterocycles. The molecule has 1 aromatic heterocycles. The number of rotatable bonds is 7. The van der Waals surface area contributed by atoms with E-state index in [1.165, 1.54) is 0 Å². The summed E-state index contributed by atoms with van der Waals surface area (Å²) in [4.78, 5) is 12.1. The zero-order valence-electron chi connectivity index (χ0n) is 11.8. The standard InChI is InChI=1S/C14H18N4O3/c1-20-12-3-2-10(8-13(12)21-7-5-15)14(19)16-9-11-4-6-17-18-11/h2-4,6,8H,5,7,9,15H2,1H3,(H,16,19)(H,17,18). The van der Waals surface area contributed by atoms with Crippen LogP contribution in [0.25, 0.3) is 0 Å². The molecular formula is C14H18N4O3. The maximum atomic E-state index is 12.1.